The Balaban J connectivity index is 1.51. The third-order valence-electron chi connectivity index (χ3n) is 3.99. The maximum atomic E-state index is 13.1. The van der Waals surface area contributed by atoms with Crippen molar-refractivity contribution in [1.82, 2.24) is 0 Å². The zero-order valence-electron chi connectivity index (χ0n) is 13.2. The van der Waals surface area contributed by atoms with Gasteiger partial charge in [0, 0.05) is 30.2 Å². The number of benzene rings is 2. The number of nitrogens with one attached hydrogen (secondary N) is 2. The molecule has 1 aliphatic heterocycles. The molecule has 126 valence electrons. The standard InChI is InChI=1S/C18H19ClFN3O/c19-16-11-14(5-8-17(16)20)22-18(24)12-21-13-3-6-15(7-4-13)23-9-1-2-10-23/h3-8,11,21H,1-2,9-10,12H2,(H,22,24). The van der Waals surface area contributed by atoms with Gasteiger partial charge < -0.3 is 15.5 Å². The second-order valence-corrected chi connectivity index (χ2v) is 6.18. The van der Waals surface area contributed by atoms with Gasteiger partial charge in [0.15, 0.2) is 0 Å². The van der Waals surface area contributed by atoms with Crippen molar-refractivity contribution in [1.29, 1.82) is 0 Å². The van der Waals surface area contributed by atoms with E-state index in [4.69, 9.17) is 11.6 Å². The van der Waals surface area contributed by atoms with Crippen molar-refractivity contribution in [2.45, 2.75) is 12.8 Å². The van der Waals surface area contributed by atoms with Crippen LogP contribution in [-0.2, 0) is 4.79 Å². The van der Waals surface area contributed by atoms with Crippen molar-refractivity contribution >= 4 is 34.6 Å². The number of anilines is 3. The molecule has 1 fully saturated rings. The smallest absolute Gasteiger partial charge is 0.243 e. The summed E-state index contributed by atoms with van der Waals surface area (Å²) in [5.41, 5.74) is 2.56. The Hall–Kier alpha value is -2.27. The lowest BCUT2D eigenvalue weighted by atomic mass is 10.2. The average molecular weight is 348 g/mol. The summed E-state index contributed by atoms with van der Waals surface area (Å²) in [5.74, 6) is -0.729. The van der Waals surface area contributed by atoms with E-state index in [-0.39, 0.29) is 17.5 Å². The Labute approximate surface area is 145 Å². The van der Waals surface area contributed by atoms with Gasteiger partial charge >= 0.3 is 0 Å². The normalized spacial score (nSPS) is 13.8. The van der Waals surface area contributed by atoms with Gasteiger partial charge in [0.1, 0.15) is 5.82 Å². The van der Waals surface area contributed by atoms with Crippen molar-refractivity contribution in [2.24, 2.45) is 0 Å². The van der Waals surface area contributed by atoms with Crippen LogP contribution < -0.4 is 15.5 Å². The van der Waals surface area contributed by atoms with Crippen molar-refractivity contribution in [3.8, 4) is 0 Å². The van der Waals surface area contributed by atoms with E-state index in [1.54, 1.807) is 0 Å². The first kappa shape index (κ1) is 16.6. The molecule has 0 radical (unpaired) electrons. The Morgan fingerprint density at radius 3 is 2.42 bits per heavy atom. The van der Waals surface area contributed by atoms with Gasteiger partial charge in [-0.05, 0) is 55.3 Å². The minimum Gasteiger partial charge on any atom is -0.376 e. The molecule has 0 aliphatic carbocycles. The van der Waals surface area contributed by atoms with Gasteiger partial charge in [-0.1, -0.05) is 11.6 Å². The molecule has 24 heavy (non-hydrogen) atoms. The van der Waals surface area contributed by atoms with E-state index in [1.807, 2.05) is 12.1 Å². The quantitative estimate of drug-likeness (QED) is 0.854. The van der Waals surface area contributed by atoms with Crippen LogP contribution in [-0.4, -0.2) is 25.5 Å². The Bertz CT molecular complexity index is 715. The minimum absolute atomic E-state index is 0.0155. The second kappa shape index (κ2) is 7.53. The molecule has 1 saturated heterocycles. The van der Waals surface area contributed by atoms with Crippen LogP contribution in [0.15, 0.2) is 42.5 Å². The average Bonchev–Trinajstić information content (AvgIpc) is 3.11. The van der Waals surface area contributed by atoms with Gasteiger partial charge in [0.05, 0.1) is 11.6 Å². The van der Waals surface area contributed by atoms with Gasteiger partial charge in [-0.2, -0.15) is 0 Å². The number of carbonyl (C=O) groups excluding carboxylic acids is 1. The number of amides is 1. The summed E-state index contributed by atoms with van der Waals surface area (Å²) < 4.78 is 13.1. The molecule has 2 N–H and O–H groups in total. The highest BCUT2D eigenvalue weighted by Gasteiger charge is 2.12. The van der Waals surface area contributed by atoms with Crippen molar-refractivity contribution < 1.29 is 9.18 Å². The van der Waals surface area contributed by atoms with Gasteiger partial charge in [-0.3, -0.25) is 4.79 Å². The molecular formula is C18H19ClFN3O. The van der Waals surface area contributed by atoms with Crippen LogP contribution in [0.2, 0.25) is 5.02 Å². The Kier molecular flexibility index (Phi) is 5.20. The van der Waals surface area contributed by atoms with Gasteiger partial charge in [-0.15, -0.1) is 0 Å². The summed E-state index contributed by atoms with van der Waals surface area (Å²) in [7, 11) is 0. The first-order valence-corrected chi connectivity index (χ1v) is 8.33. The molecule has 6 heteroatoms. The zero-order chi connectivity index (χ0) is 16.9. The van der Waals surface area contributed by atoms with Crippen LogP contribution in [0.5, 0.6) is 0 Å². The van der Waals surface area contributed by atoms with Crippen LogP contribution in [0.4, 0.5) is 21.5 Å². The predicted molar refractivity (Wildman–Crippen MR) is 96.4 cm³/mol. The summed E-state index contributed by atoms with van der Waals surface area (Å²) in [4.78, 5) is 14.3. The van der Waals surface area contributed by atoms with E-state index in [1.165, 1.54) is 36.7 Å². The Morgan fingerprint density at radius 2 is 1.75 bits per heavy atom. The minimum atomic E-state index is -0.508. The lowest BCUT2D eigenvalue weighted by Crippen LogP contribution is -2.22. The van der Waals surface area contributed by atoms with Crippen molar-refractivity contribution in [3.63, 3.8) is 0 Å². The summed E-state index contributed by atoms with van der Waals surface area (Å²) in [6.07, 6.45) is 2.49. The predicted octanol–water partition coefficient (Wildman–Crippen LogP) is 4.13. The zero-order valence-corrected chi connectivity index (χ0v) is 13.9. The van der Waals surface area contributed by atoms with E-state index >= 15 is 0 Å². The number of hydrogen-bond acceptors (Lipinski definition) is 3. The highest BCUT2D eigenvalue weighted by atomic mass is 35.5. The first-order chi connectivity index (χ1) is 11.6. The molecule has 2 aromatic carbocycles. The van der Waals surface area contributed by atoms with E-state index in [2.05, 4.69) is 27.7 Å². The molecule has 0 saturated carbocycles. The fourth-order valence-electron chi connectivity index (χ4n) is 2.73. The maximum Gasteiger partial charge on any atom is 0.243 e. The molecule has 0 aromatic heterocycles. The van der Waals surface area contributed by atoms with E-state index in [0.29, 0.717) is 5.69 Å². The molecule has 1 aliphatic rings. The van der Waals surface area contributed by atoms with E-state index < -0.39 is 5.82 Å². The molecule has 0 bridgehead atoms. The van der Waals surface area contributed by atoms with Crippen molar-refractivity contribution in [3.05, 3.63) is 53.3 Å². The Morgan fingerprint density at radius 1 is 1.08 bits per heavy atom. The summed E-state index contributed by atoms with van der Waals surface area (Å²) in [6, 6.07) is 12.1. The molecule has 1 heterocycles. The largest absolute Gasteiger partial charge is 0.376 e. The highest BCUT2D eigenvalue weighted by molar-refractivity contribution is 6.31. The topological polar surface area (TPSA) is 44.4 Å². The number of nitrogens with zero attached hydrogens (tertiary/aromatic N) is 1. The molecule has 3 rings (SSSR count). The summed E-state index contributed by atoms with van der Waals surface area (Å²) in [6.45, 7) is 2.34. The summed E-state index contributed by atoms with van der Waals surface area (Å²) >= 11 is 5.69. The SMILES string of the molecule is O=C(CNc1ccc(N2CCCC2)cc1)Nc1ccc(F)c(Cl)c1. The monoisotopic (exact) mass is 347 g/mol. The van der Waals surface area contributed by atoms with Crippen molar-refractivity contribution in [2.75, 3.05) is 35.2 Å². The molecule has 2 aromatic rings. The lowest BCUT2D eigenvalue weighted by Gasteiger charge is -2.18. The van der Waals surface area contributed by atoms with Crippen LogP contribution in [0.1, 0.15) is 12.8 Å². The van der Waals surface area contributed by atoms with Crippen LogP contribution in [0.25, 0.3) is 0 Å². The fourth-order valence-corrected chi connectivity index (χ4v) is 2.91. The van der Waals surface area contributed by atoms with Gasteiger partial charge in [0.25, 0.3) is 0 Å². The van der Waals surface area contributed by atoms with E-state index in [9.17, 15) is 9.18 Å². The van der Waals surface area contributed by atoms with Gasteiger partial charge in [-0.25, -0.2) is 4.39 Å². The fraction of sp³-hybridized carbons (Fsp3) is 0.278. The molecular weight excluding hydrogens is 329 g/mol. The molecule has 1 amide bonds. The highest BCUT2D eigenvalue weighted by Crippen LogP contribution is 2.22. The molecule has 0 atom stereocenters. The number of hydrogen-bond donors (Lipinski definition) is 2. The van der Waals surface area contributed by atoms with Crippen LogP contribution >= 0.6 is 11.6 Å². The number of carbonyl (C=O) groups is 1. The van der Waals surface area contributed by atoms with Crippen LogP contribution in [0, 0.1) is 5.82 Å². The molecule has 0 spiro atoms. The molecule has 4 nitrogen and oxygen atoms in total. The molecule has 0 unspecified atom stereocenters. The third-order valence-corrected chi connectivity index (χ3v) is 4.28. The lowest BCUT2D eigenvalue weighted by molar-refractivity contribution is -0.114. The maximum absolute atomic E-state index is 13.1. The third kappa shape index (κ3) is 4.17. The van der Waals surface area contributed by atoms with E-state index in [0.717, 1.165) is 18.8 Å². The van der Waals surface area contributed by atoms with Crippen LogP contribution in [0.3, 0.4) is 0 Å². The van der Waals surface area contributed by atoms with Gasteiger partial charge in [0.2, 0.25) is 5.91 Å². The number of rotatable bonds is 5. The summed E-state index contributed by atoms with van der Waals surface area (Å²) in [5, 5.41) is 5.73. The first-order valence-electron chi connectivity index (χ1n) is 7.95. The number of halogens is 2. The second-order valence-electron chi connectivity index (χ2n) is 5.77.